The molecule has 0 saturated heterocycles. The third-order valence-corrected chi connectivity index (χ3v) is 2.86. The number of H-pyrrole nitrogens is 1. The van der Waals surface area contributed by atoms with E-state index in [2.05, 4.69) is 27.0 Å². The van der Waals surface area contributed by atoms with Crippen molar-refractivity contribution < 1.29 is 4.79 Å². The van der Waals surface area contributed by atoms with Gasteiger partial charge in [-0.1, -0.05) is 11.8 Å². The molecule has 3 N–H and O–H groups in total. The maximum absolute atomic E-state index is 12.4. The maximum atomic E-state index is 12.4. The molecule has 108 valence electrons. The number of aryl methyl sites for hydroxylation is 1. The third-order valence-electron chi connectivity index (χ3n) is 2.86. The number of nitrogens with two attached hydrogens (primary N) is 1. The van der Waals surface area contributed by atoms with E-state index in [-0.39, 0.29) is 5.91 Å². The molecule has 21 heavy (non-hydrogen) atoms. The standard InChI is InChI=1S/C15H17N5O/c1-11-6-12(4-3-5-16)8-13(7-11)15(21)20(2)9-14-17-10-18-19-14/h6-8,10H,5,9,16H2,1-2H3,(H,17,18,19). The van der Waals surface area contributed by atoms with Crippen LogP contribution in [0.5, 0.6) is 0 Å². The molecule has 2 rings (SSSR count). The van der Waals surface area contributed by atoms with Gasteiger partial charge >= 0.3 is 0 Å². The number of aromatic nitrogens is 3. The van der Waals surface area contributed by atoms with Crippen molar-refractivity contribution in [2.75, 3.05) is 13.6 Å². The number of carbonyl (C=O) groups is 1. The van der Waals surface area contributed by atoms with E-state index in [1.807, 2.05) is 19.1 Å². The van der Waals surface area contributed by atoms with Crippen molar-refractivity contribution in [1.29, 1.82) is 0 Å². The van der Waals surface area contributed by atoms with Crippen molar-refractivity contribution in [3.05, 3.63) is 47.0 Å². The molecule has 1 amide bonds. The van der Waals surface area contributed by atoms with E-state index in [0.717, 1.165) is 11.1 Å². The van der Waals surface area contributed by atoms with Crippen LogP contribution < -0.4 is 5.73 Å². The van der Waals surface area contributed by atoms with Gasteiger partial charge in [0.25, 0.3) is 5.91 Å². The van der Waals surface area contributed by atoms with Crippen LogP contribution in [0.3, 0.4) is 0 Å². The van der Waals surface area contributed by atoms with Gasteiger partial charge in [0.1, 0.15) is 12.2 Å². The van der Waals surface area contributed by atoms with Crippen LogP contribution in [0.1, 0.15) is 27.3 Å². The number of aromatic amines is 1. The first-order valence-electron chi connectivity index (χ1n) is 6.50. The SMILES string of the molecule is Cc1cc(C#CCN)cc(C(=O)N(C)Cc2ncn[nH]2)c1. The Morgan fingerprint density at radius 3 is 2.90 bits per heavy atom. The zero-order valence-corrected chi connectivity index (χ0v) is 12.1. The molecule has 0 spiro atoms. The van der Waals surface area contributed by atoms with Gasteiger partial charge < -0.3 is 10.6 Å². The molecule has 2 aromatic rings. The molecule has 0 aliphatic carbocycles. The number of amides is 1. The van der Waals surface area contributed by atoms with Crippen molar-refractivity contribution in [1.82, 2.24) is 20.1 Å². The highest BCUT2D eigenvalue weighted by Gasteiger charge is 2.14. The van der Waals surface area contributed by atoms with Gasteiger partial charge in [0.05, 0.1) is 13.1 Å². The highest BCUT2D eigenvalue weighted by molar-refractivity contribution is 5.94. The summed E-state index contributed by atoms with van der Waals surface area (Å²) in [7, 11) is 1.72. The van der Waals surface area contributed by atoms with Gasteiger partial charge in [0.2, 0.25) is 0 Å². The number of rotatable bonds is 3. The van der Waals surface area contributed by atoms with Gasteiger partial charge in [0, 0.05) is 18.2 Å². The molecular formula is C15H17N5O. The van der Waals surface area contributed by atoms with Crippen LogP contribution in [0.4, 0.5) is 0 Å². The Balaban J connectivity index is 2.20. The van der Waals surface area contributed by atoms with Crippen LogP contribution >= 0.6 is 0 Å². The van der Waals surface area contributed by atoms with Crippen molar-refractivity contribution in [3.63, 3.8) is 0 Å². The second-order valence-electron chi connectivity index (χ2n) is 4.69. The highest BCUT2D eigenvalue weighted by Crippen LogP contribution is 2.12. The van der Waals surface area contributed by atoms with Crippen LogP contribution in [0.25, 0.3) is 0 Å². The van der Waals surface area contributed by atoms with Gasteiger partial charge in [-0.2, -0.15) is 5.10 Å². The predicted octanol–water partition coefficient (Wildman–Crippen LogP) is 0.696. The van der Waals surface area contributed by atoms with E-state index in [4.69, 9.17) is 5.73 Å². The summed E-state index contributed by atoms with van der Waals surface area (Å²) in [4.78, 5) is 18.0. The van der Waals surface area contributed by atoms with Gasteiger partial charge in [-0.15, -0.1) is 0 Å². The molecule has 0 unspecified atom stereocenters. The Labute approximate surface area is 123 Å². The van der Waals surface area contributed by atoms with E-state index in [0.29, 0.717) is 24.5 Å². The fourth-order valence-corrected chi connectivity index (χ4v) is 1.96. The third kappa shape index (κ3) is 3.91. The summed E-state index contributed by atoms with van der Waals surface area (Å²) in [6, 6.07) is 5.54. The van der Waals surface area contributed by atoms with Crippen LogP contribution in [0, 0.1) is 18.8 Å². The molecule has 1 heterocycles. The van der Waals surface area contributed by atoms with E-state index in [1.165, 1.54) is 6.33 Å². The first-order valence-corrected chi connectivity index (χ1v) is 6.50. The minimum Gasteiger partial charge on any atom is -0.334 e. The summed E-state index contributed by atoms with van der Waals surface area (Å²) >= 11 is 0. The Hall–Kier alpha value is -2.65. The van der Waals surface area contributed by atoms with Crippen molar-refractivity contribution >= 4 is 5.91 Å². The summed E-state index contributed by atoms with van der Waals surface area (Å²) in [6.45, 7) is 2.60. The lowest BCUT2D eigenvalue weighted by atomic mass is 10.1. The number of benzene rings is 1. The molecule has 0 atom stereocenters. The second-order valence-corrected chi connectivity index (χ2v) is 4.69. The zero-order chi connectivity index (χ0) is 15.2. The Bertz CT molecular complexity index is 682. The summed E-state index contributed by atoms with van der Waals surface area (Å²) < 4.78 is 0. The fourth-order valence-electron chi connectivity index (χ4n) is 1.96. The van der Waals surface area contributed by atoms with Crippen LogP contribution in [0.2, 0.25) is 0 Å². The first kappa shape index (κ1) is 14.8. The molecule has 1 aromatic carbocycles. The minimum absolute atomic E-state index is 0.0918. The van der Waals surface area contributed by atoms with Gasteiger partial charge in [0.15, 0.2) is 0 Å². The quantitative estimate of drug-likeness (QED) is 0.811. The lowest BCUT2D eigenvalue weighted by Gasteiger charge is -2.16. The summed E-state index contributed by atoms with van der Waals surface area (Å²) in [5, 5.41) is 6.50. The predicted molar refractivity (Wildman–Crippen MR) is 79.3 cm³/mol. The maximum Gasteiger partial charge on any atom is 0.254 e. The average Bonchev–Trinajstić information content (AvgIpc) is 2.96. The van der Waals surface area contributed by atoms with E-state index in [1.54, 1.807) is 18.0 Å². The number of hydrogen-bond acceptors (Lipinski definition) is 4. The molecule has 0 aliphatic rings. The summed E-state index contributed by atoms with van der Waals surface area (Å²) in [5.74, 6) is 6.29. The minimum atomic E-state index is -0.0918. The van der Waals surface area contributed by atoms with Crippen LogP contribution in [0.15, 0.2) is 24.5 Å². The molecule has 0 radical (unpaired) electrons. The lowest BCUT2D eigenvalue weighted by Crippen LogP contribution is -2.26. The average molecular weight is 283 g/mol. The van der Waals surface area contributed by atoms with Crippen LogP contribution in [-0.4, -0.2) is 39.6 Å². The van der Waals surface area contributed by atoms with Crippen LogP contribution in [-0.2, 0) is 6.54 Å². The molecule has 0 aliphatic heterocycles. The Morgan fingerprint density at radius 2 is 2.24 bits per heavy atom. The number of nitrogens with one attached hydrogen (secondary N) is 1. The molecule has 0 bridgehead atoms. The Kier molecular flexibility index (Phi) is 4.69. The second kappa shape index (κ2) is 6.68. The smallest absolute Gasteiger partial charge is 0.254 e. The molecule has 1 aromatic heterocycles. The number of nitrogens with zero attached hydrogens (tertiary/aromatic N) is 3. The zero-order valence-electron chi connectivity index (χ0n) is 12.1. The Morgan fingerprint density at radius 1 is 1.43 bits per heavy atom. The molecular weight excluding hydrogens is 266 g/mol. The fraction of sp³-hybridized carbons (Fsp3) is 0.267. The lowest BCUT2D eigenvalue weighted by molar-refractivity contribution is 0.0781. The van der Waals surface area contributed by atoms with Gasteiger partial charge in [-0.3, -0.25) is 9.89 Å². The molecule has 6 heteroatoms. The summed E-state index contributed by atoms with van der Waals surface area (Å²) in [5.41, 5.74) is 7.74. The van der Waals surface area contributed by atoms with Gasteiger partial charge in [-0.25, -0.2) is 4.98 Å². The van der Waals surface area contributed by atoms with E-state index in [9.17, 15) is 4.79 Å². The molecule has 0 saturated carbocycles. The van der Waals surface area contributed by atoms with Gasteiger partial charge in [-0.05, 0) is 30.7 Å². The summed E-state index contributed by atoms with van der Waals surface area (Å²) in [6.07, 6.45) is 1.42. The van der Waals surface area contributed by atoms with E-state index < -0.39 is 0 Å². The monoisotopic (exact) mass is 283 g/mol. The van der Waals surface area contributed by atoms with Crippen molar-refractivity contribution in [3.8, 4) is 11.8 Å². The molecule has 6 nitrogen and oxygen atoms in total. The molecule has 0 fully saturated rings. The number of carbonyl (C=O) groups excluding carboxylic acids is 1. The first-order chi connectivity index (χ1) is 10.1. The van der Waals surface area contributed by atoms with E-state index >= 15 is 0 Å². The topological polar surface area (TPSA) is 87.9 Å². The largest absolute Gasteiger partial charge is 0.334 e. The highest BCUT2D eigenvalue weighted by atomic mass is 16.2. The van der Waals surface area contributed by atoms with Crippen molar-refractivity contribution in [2.24, 2.45) is 5.73 Å². The number of hydrogen-bond donors (Lipinski definition) is 2. The normalized spacial score (nSPS) is 9.86. The van der Waals surface area contributed by atoms with Crippen molar-refractivity contribution in [2.45, 2.75) is 13.5 Å².